The molecule has 3 aliphatic rings. The molecule has 2 fully saturated rings. The number of nitrogens with zero attached hydrogens (tertiary/aromatic N) is 5. The van der Waals surface area contributed by atoms with Gasteiger partial charge in [-0.1, -0.05) is 51.4 Å². The van der Waals surface area contributed by atoms with Crippen LogP contribution < -0.4 is 0 Å². The Kier molecular flexibility index (Phi) is 14.8. The van der Waals surface area contributed by atoms with E-state index in [1.807, 2.05) is 0 Å². The van der Waals surface area contributed by atoms with Gasteiger partial charge in [-0.2, -0.15) is 37.3 Å². The van der Waals surface area contributed by atoms with Crippen LogP contribution in [0.3, 0.4) is 0 Å². The van der Waals surface area contributed by atoms with Crippen LogP contribution in [0.5, 0.6) is 0 Å². The van der Waals surface area contributed by atoms with Gasteiger partial charge < -0.3 is 30.7 Å². The molecule has 0 aromatic carbocycles. The third kappa shape index (κ3) is 9.82. The van der Waals surface area contributed by atoms with E-state index >= 15 is 0 Å². The molecule has 1 aromatic heterocycles. The molecule has 0 spiro atoms. The third-order valence-corrected chi connectivity index (χ3v) is 7.34. The Morgan fingerprint density at radius 3 is 1.49 bits per heavy atom. The second-order valence-electron chi connectivity index (χ2n) is 9.80. The summed E-state index contributed by atoms with van der Waals surface area (Å²) >= 11 is 0.00694. The summed E-state index contributed by atoms with van der Waals surface area (Å²) in [5, 5.41) is 19.9. The van der Waals surface area contributed by atoms with Crippen molar-refractivity contribution in [1.82, 2.24) is 4.98 Å². The number of pyridine rings is 1. The predicted molar refractivity (Wildman–Crippen MR) is 151 cm³/mol. The number of carbonyl (C=O) groups is 2. The van der Waals surface area contributed by atoms with Crippen LogP contribution in [0.25, 0.3) is 21.3 Å². The van der Waals surface area contributed by atoms with Crippen molar-refractivity contribution < 1.29 is 32.2 Å². The van der Waals surface area contributed by atoms with Crippen molar-refractivity contribution in [3.8, 4) is 0 Å². The van der Waals surface area contributed by atoms with E-state index < -0.39 is 11.9 Å². The van der Waals surface area contributed by atoms with Gasteiger partial charge in [-0.15, -0.1) is 13.1 Å². The minimum atomic E-state index is -0.502. The number of hydrogen-bond acceptors (Lipinski definition) is 5. The van der Waals surface area contributed by atoms with Crippen LogP contribution >= 0.6 is 20.2 Å². The first-order valence-electron chi connectivity index (χ1n) is 13.9. The van der Waals surface area contributed by atoms with Crippen LogP contribution in [-0.4, -0.2) is 67.4 Å². The average molecular weight is 623 g/mol. The second-order valence-corrected chi connectivity index (χ2v) is 11.8. The van der Waals surface area contributed by atoms with Gasteiger partial charge in [-0.05, 0) is 19.9 Å². The fraction of sp³-hybridized carbons (Fsp3) is 0.741. The van der Waals surface area contributed by atoms with Gasteiger partial charge in [0.2, 0.25) is 0 Å². The molecule has 12 heteroatoms. The van der Waals surface area contributed by atoms with Crippen molar-refractivity contribution in [2.75, 3.05) is 26.3 Å². The Bertz CT molecular complexity index is 861. The maximum atomic E-state index is 12.9. The predicted octanol–water partition coefficient (Wildman–Crippen LogP) is 6.94. The summed E-state index contributed by atoms with van der Waals surface area (Å²) < 4.78 is 10.6. The molecule has 0 amide bonds. The normalized spacial score (nSPS) is 25.8. The zero-order chi connectivity index (χ0) is 28.0. The molecule has 2 heterocycles. The number of carbonyl (C=O) groups excluding carboxylic acids is 2. The van der Waals surface area contributed by atoms with E-state index in [-0.39, 0.29) is 74.7 Å². The molecule has 1 aromatic rings. The standard InChI is InChI=1S/C27H39N5O4.2ClH.Mn/c1-3-35-26(33)18-15-19(27(34)36-4-2)25-17-31-23-12-8-6-10-21(23)29-14-13-28-20-9-5-7-11-22(20)30-16-24(18)32-25;;;/h15,20-23H,3-14,16-17H2,1-2H3;2*1H;/q-4;;;+2/p-2/t20-,21?,22-,23?;;;/m1.../s1. The number of hydrogen-bond donors (Lipinski definition) is 0. The fourth-order valence-corrected chi connectivity index (χ4v) is 5.50. The maximum absolute atomic E-state index is 12.9. The van der Waals surface area contributed by atoms with Crippen LogP contribution in [0.2, 0.25) is 0 Å². The van der Waals surface area contributed by atoms with Gasteiger partial charge in [0.05, 0.1) is 24.3 Å². The van der Waals surface area contributed by atoms with Crippen molar-refractivity contribution in [2.24, 2.45) is 0 Å². The fourth-order valence-electron chi connectivity index (χ4n) is 5.50. The SMILES string of the molecule is CCOC(=O)c1cc(C(=O)OCC)c2nc1C[N-]C1CCCCC1[N-]CC[N-][C@@H]1CCCC[C@H]1[N-]C2.[Cl][Mn][Cl]. The topological polar surface area (TPSA) is 122 Å². The van der Waals surface area contributed by atoms with Crippen molar-refractivity contribution in [3.05, 3.63) is 49.8 Å². The number of fused-ring (bicyclic) bond motifs is 4. The first kappa shape index (κ1) is 32.5. The molecule has 0 radical (unpaired) electrons. The Labute approximate surface area is 247 Å². The van der Waals surface area contributed by atoms with Gasteiger partial charge >= 0.3 is 45.3 Å². The van der Waals surface area contributed by atoms with E-state index in [9.17, 15) is 9.59 Å². The second kappa shape index (κ2) is 17.8. The van der Waals surface area contributed by atoms with E-state index in [0.717, 1.165) is 51.4 Å². The van der Waals surface area contributed by atoms with Crippen LogP contribution in [0.15, 0.2) is 6.07 Å². The number of ether oxygens (including phenoxy) is 2. The van der Waals surface area contributed by atoms with E-state index in [1.165, 1.54) is 0 Å². The van der Waals surface area contributed by atoms with Gasteiger partial charge in [0.25, 0.3) is 0 Å². The molecule has 2 aliphatic carbocycles. The molecular formula is C27H39Cl2MnN5O4-4. The van der Waals surface area contributed by atoms with E-state index in [2.05, 4.69) is 0 Å². The molecule has 2 bridgehead atoms. The molecule has 0 saturated heterocycles. The zero-order valence-electron chi connectivity index (χ0n) is 22.8. The van der Waals surface area contributed by atoms with E-state index in [1.54, 1.807) is 19.9 Å². The minimum absolute atomic E-state index is 0.00694. The molecule has 2 unspecified atom stereocenters. The van der Waals surface area contributed by atoms with Gasteiger partial charge in [-0.25, -0.2) is 9.59 Å². The summed E-state index contributed by atoms with van der Waals surface area (Å²) in [6, 6.07) is 2.12. The van der Waals surface area contributed by atoms with Crippen molar-refractivity contribution in [1.29, 1.82) is 0 Å². The van der Waals surface area contributed by atoms with Crippen molar-refractivity contribution in [2.45, 2.75) is 102 Å². The van der Waals surface area contributed by atoms with Crippen LogP contribution in [-0.2, 0) is 35.7 Å². The number of aromatic nitrogens is 1. The molecule has 9 nitrogen and oxygen atoms in total. The van der Waals surface area contributed by atoms with Crippen LogP contribution in [0, 0.1) is 0 Å². The van der Waals surface area contributed by atoms with Crippen LogP contribution in [0.1, 0.15) is 97.3 Å². The molecule has 0 N–H and O–H groups in total. The zero-order valence-corrected chi connectivity index (χ0v) is 25.5. The number of rotatable bonds is 4. The molecule has 2 saturated carbocycles. The quantitative estimate of drug-likeness (QED) is 0.266. The van der Waals surface area contributed by atoms with Gasteiger partial charge in [0.15, 0.2) is 0 Å². The Balaban J connectivity index is 0.00000134. The summed E-state index contributed by atoms with van der Waals surface area (Å²) in [6.45, 7) is 5.97. The van der Waals surface area contributed by atoms with Gasteiger partial charge in [-0.3, -0.25) is 4.98 Å². The Morgan fingerprint density at radius 2 is 1.13 bits per heavy atom. The summed E-state index contributed by atoms with van der Waals surface area (Å²) in [6.07, 6.45) is 8.58. The number of esters is 2. The van der Waals surface area contributed by atoms with Crippen LogP contribution in [0.4, 0.5) is 0 Å². The monoisotopic (exact) mass is 622 g/mol. The molecule has 1 aliphatic heterocycles. The molecular weight excluding hydrogens is 584 g/mol. The number of halogens is 2. The average Bonchev–Trinajstić information content (AvgIpc) is 2.94. The molecule has 39 heavy (non-hydrogen) atoms. The first-order valence-corrected chi connectivity index (χ1v) is 17.2. The summed E-state index contributed by atoms with van der Waals surface area (Å²) in [5.41, 5.74) is 1.59. The van der Waals surface area contributed by atoms with E-state index in [4.69, 9.17) is 55.9 Å². The van der Waals surface area contributed by atoms with Crippen molar-refractivity contribution in [3.63, 3.8) is 0 Å². The van der Waals surface area contributed by atoms with E-state index in [0.29, 0.717) is 24.5 Å². The summed E-state index contributed by atoms with van der Waals surface area (Å²) in [4.78, 5) is 30.6. The van der Waals surface area contributed by atoms with Crippen molar-refractivity contribution >= 4 is 32.1 Å². The first-order chi connectivity index (χ1) is 19.0. The third-order valence-electron chi connectivity index (χ3n) is 7.34. The summed E-state index contributed by atoms with van der Waals surface area (Å²) in [5.74, 6) is -1.00. The summed E-state index contributed by atoms with van der Waals surface area (Å²) in [7, 11) is 9.59. The van der Waals surface area contributed by atoms with Gasteiger partial charge in [0, 0.05) is 11.4 Å². The molecule has 221 valence electrons. The molecule has 4 atom stereocenters. The van der Waals surface area contributed by atoms with Gasteiger partial charge in [0.1, 0.15) is 0 Å². The molecule has 4 rings (SSSR count). The Hall–Kier alpha value is -0.971. The Morgan fingerprint density at radius 1 is 0.769 bits per heavy atom.